The molecule has 6 rings (SSSR count). The lowest BCUT2D eigenvalue weighted by Crippen LogP contribution is -2.27. The summed E-state index contributed by atoms with van der Waals surface area (Å²) in [5, 5.41) is 2.96. The summed E-state index contributed by atoms with van der Waals surface area (Å²) in [5.74, 6) is -0.00153. The number of hydrogen-bond acceptors (Lipinski definition) is 7. The molecule has 3 aromatic rings. The fourth-order valence-corrected chi connectivity index (χ4v) is 7.09. The van der Waals surface area contributed by atoms with E-state index in [0.717, 1.165) is 90.2 Å². The van der Waals surface area contributed by atoms with Crippen molar-refractivity contribution in [3.8, 4) is 0 Å². The molecule has 49 heavy (non-hydrogen) atoms. The average molecular weight is 663 g/mol. The summed E-state index contributed by atoms with van der Waals surface area (Å²) in [7, 11) is 0. The van der Waals surface area contributed by atoms with Crippen LogP contribution in [0, 0.1) is 13.8 Å². The van der Waals surface area contributed by atoms with E-state index in [9.17, 15) is 9.59 Å². The number of H-pyrrole nitrogens is 2. The van der Waals surface area contributed by atoms with Crippen LogP contribution in [0.3, 0.4) is 0 Å². The minimum atomic E-state index is -0.0707. The number of rotatable bonds is 13. The summed E-state index contributed by atoms with van der Waals surface area (Å²) in [6, 6.07) is 6.23. The van der Waals surface area contributed by atoms with Crippen molar-refractivity contribution < 1.29 is 19.1 Å². The fourth-order valence-electron chi connectivity index (χ4n) is 7.09. The van der Waals surface area contributed by atoms with E-state index < -0.39 is 0 Å². The highest BCUT2D eigenvalue weighted by atomic mass is 16.5. The topological polar surface area (TPSA) is 148 Å². The van der Waals surface area contributed by atoms with Crippen LogP contribution in [0.1, 0.15) is 95.4 Å². The van der Waals surface area contributed by atoms with Crippen LogP contribution in [0.5, 0.6) is 0 Å². The molecule has 5 N–H and O–H groups in total. The molecule has 0 unspecified atom stereocenters. The van der Waals surface area contributed by atoms with Crippen LogP contribution in [-0.2, 0) is 20.7 Å². The van der Waals surface area contributed by atoms with Gasteiger partial charge in [0.15, 0.2) is 5.78 Å². The van der Waals surface area contributed by atoms with Gasteiger partial charge in [-0.3, -0.25) is 9.59 Å². The summed E-state index contributed by atoms with van der Waals surface area (Å²) in [6.45, 7) is 17.2. The van der Waals surface area contributed by atoms with Crippen molar-refractivity contribution in [3.63, 3.8) is 0 Å². The molecule has 3 aromatic heterocycles. The SMILES string of the molecule is C=Cc1c(C)c2cc3nc(c4c5[nH]c(cc6nc(cc1[nH]2)C(C)=C6CC)c(C)c5C(=O)C4)C(CCC(=O)NCCOCCOCCN)=C3C. The predicted molar refractivity (Wildman–Crippen MR) is 197 cm³/mol. The number of Topliss-reactive ketones (excluding diaryl/α,β-unsaturated/α-hetero) is 1. The number of allylic oxidation sites excluding steroid dienone is 4. The second-order valence-corrected chi connectivity index (χ2v) is 12.8. The van der Waals surface area contributed by atoms with E-state index in [-0.39, 0.29) is 24.5 Å². The van der Waals surface area contributed by atoms with Gasteiger partial charge in [-0.05, 0) is 92.2 Å². The first-order valence-corrected chi connectivity index (χ1v) is 17.1. The maximum absolute atomic E-state index is 13.6. The van der Waals surface area contributed by atoms with Crippen molar-refractivity contribution in [2.24, 2.45) is 5.73 Å². The van der Waals surface area contributed by atoms with Gasteiger partial charge in [-0.15, -0.1) is 0 Å². The van der Waals surface area contributed by atoms with Crippen LogP contribution in [-0.4, -0.2) is 71.1 Å². The van der Waals surface area contributed by atoms with Crippen molar-refractivity contribution in [2.45, 2.75) is 60.3 Å². The molecule has 2 aliphatic heterocycles. The number of aromatic amines is 2. The van der Waals surface area contributed by atoms with E-state index in [4.69, 9.17) is 25.2 Å². The summed E-state index contributed by atoms with van der Waals surface area (Å²) >= 11 is 0. The summed E-state index contributed by atoms with van der Waals surface area (Å²) < 4.78 is 10.9. The molecule has 0 atom stereocenters. The van der Waals surface area contributed by atoms with Gasteiger partial charge >= 0.3 is 0 Å². The zero-order valence-corrected chi connectivity index (χ0v) is 29.2. The van der Waals surface area contributed by atoms with Crippen LogP contribution in [0.4, 0.5) is 0 Å². The third-order valence-corrected chi connectivity index (χ3v) is 9.81. The number of ketones is 1. The molecule has 1 aliphatic carbocycles. The number of aryl methyl sites for hydroxylation is 2. The second-order valence-electron chi connectivity index (χ2n) is 12.8. The van der Waals surface area contributed by atoms with Gasteiger partial charge in [0.25, 0.3) is 0 Å². The van der Waals surface area contributed by atoms with Gasteiger partial charge in [0.2, 0.25) is 5.91 Å². The lowest BCUT2D eigenvalue weighted by molar-refractivity contribution is -0.121. The van der Waals surface area contributed by atoms with Crippen LogP contribution < -0.4 is 11.1 Å². The van der Waals surface area contributed by atoms with Gasteiger partial charge in [0.05, 0.1) is 54.7 Å². The van der Waals surface area contributed by atoms with Crippen LogP contribution in [0.25, 0.3) is 50.4 Å². The first-order valence-electron chi connectivity index (χ1n) is 17.1. The van der Waals surface area contributed by atoms with Gasteiger partial charge in [0, 0.05) is 59.2 Å². The summed E-state index contributed by atoms with van der Waals surface area (Å²) in [5.41, 5.74) is 21.2. The maximum Gasteiger partial charge on any atom is 0.220 e. The van der Waals surface area contributed by atoms with Gasteiger partial charge in [-0.2, -0.15) is 0 Å². The highest BCUT2D eigenvalue weighted by Crippen LogP contribution is 2.41. The molecule has 0 fully saturated rings. The molecular weight excluding hydrogens is 616 g/mol. The van der Waals surface area contributed by atoms with Crippen LogP contribution in [0.15, 0.2) is 24.8 Å². The van der Waals surface area contributed by atoms with Crippen molar-refractivity contribution in [1.82, 2.24) is 25.3 Å². The number of hydrogen-bond donors (Lipinski definition) is 4. The third kappa shape index (κ3) is 6.56. The molecule has 1 amide bonds. The number of nitrogens with zero attached hydrogens (tertiary/aromatic N) is 2. The number of amides is 1. The normalized spacial score (nSPS) is 14.0. The van der Waals surface area contributed by atoms with Gasteiger partial charge in [-0.1, -0.05) is 19.6 Å². The van der Waals surface area contributed by atoms with Gasteiger partial charge < -0.3 is 30.5 Å². The molecule has 10 heteroatoms. The van der Waals surface area contributed by atoms with E-state index in [1.807, 2.05) is 19.9 Å². The number of ether oxygens (including phenoxy) is 2. The summed E-state index contributed by atoms with van der Waals surface area (Å²) in [6.07, 6.45) is 3.72. The monoisotopic (exact) mass is 662 g/mol. The molecule has 0 saturated heterocycles. The molecule has 10 nitrogen and oxygen atoms in total. The molecular formula is C39H46N6O4. The highest BCUT2D eigenvalue weighted by molar-refractivity contribution is 6.14. The average Bonchev–Trinajstić information content (AvgIpc) is 3.83. The summed E-state index contributed by atoms with van der Waals surface area (Å²) in [4.78, 5) is 44.0. The predicted octanol–water partition coefficient (Wildman–Crippen LogP) is 6.47. The Morgan fingerprint density at radius 2 is 1.59 bits per heavy atom. The van der Waals surface area contributed by atoms with E-state index in [1.165, 1.54) is 5.57 Å². The standard InChI is InChI=1S/C39H46N6O4/c1-7-25-21(3)29-18-31-23(5)27(9-10-36(47)41-12-14-49-16-15-48-13-11-40)38(44-31)28-17-35(46)37-24(6)32(45-39(28)37)20-34-26(8-2)22(4)30(43-34)19-33(25)42-29/h7,18-20,42,45H,1,8-17,40H2,2-6H3,(H,41,47). The van der Waals surface area contributed by atoms with Crippen LogP contribution in [0.2, 0.25) is 0 Å². The van der Waals surface area contributed by atoms with Gasteiger partial charge in [-0.25, -0.2) is 9.97 Å². The Hall–Kier alpha value is -4.64. The van der Waals surface area contributed by atoms with E-state index >= 15 is 0 Å². The Bertz CT molecular complexity index is 2080. The lowest BCUT2D eigenvalue weighted by atomic mass is 9.98. The molecule has 3 aliphatic rings. The largest absolute Gasteiger partial charge is 0.378 e. The minimum Gasteiger partial charge on any atom is -0.378 e. The first kappa shape index (κ1) is 34.2. The van der Waals surface area contributed by atoms with E-state index in [0.29, 0.717) is 51.5 Å². The highest BCUT2D eigenvalue weighted by Gasteiger charge is 2.31. The molecule has 8 bridgehead atoms. The second kappa shape index (κ2) is 14.5. The Kier molecular flexibility index (Phi) is 10.1. The first-order chi connectivity index (χ1) is 23.7. The Labute approximate surface area is 286 Å². The smallest absolute Gasteiger partial charge is 0.220 e. The van der Waals surface area contributed by atoms with Crippen molar-refractivity contribution in [1.29, 1.82) is 0 Å². The van der Waals surface area contributed by atoms with Crippen molar-refractivity contribution >= 4 is 62.1 Å². The molecule has 0 spiro atoms. The van der Waals surface area contributed by atoms with Gasteiger partial charge in [0.1, 0.15) is 0 Å². The molecule has 5 heterocycles. The quantitative estimate of drug-likeness (QED) is 0.153. The molecule has 0 radical (unpaired) electrons. The zero-order chi connectivity index (χ0) is 34.8. The minimum absolute atomic E-state index is 0.0691. The van der Waals surface area contributed by atoms with E-state index in [1.54, 1.807) is 0 Å². The Morgan fingerprint density at radius 1 is 0.918 bits per heavy atom. The third-order valence-electron chi connectivity index (χ3n) is 9.81. The molecule has 256 valence electrons. The van der Waals surface area contributed by atoms with E-state index in [2.05, 4.69) is 60.8 Å². The Balaban J connectivity index is 1.44. The van der Waals surface area contributed by atoms with Crippen LogP contribution >= 0.6 is 0 Å². The number of nitrogens with one attached hydrogen (secondary N) is 3. The van der Waals surface area contributed by atoms with Crippen molar-refractivity contribution in [2.75, 3.05) is 39.5 Å². The number of carbonyl (C=O) groups excluding carboxylic acids is 2. The lowest BCUT2D eigenvalue weighted by Gasteiger charge is -2.09. The number of carbonyl (C=O) groups is 2. The maximum atomic E-state index is 13.6. The number of fused-ring (bicyclic) bond motifs is 8. The number of nitrogens with two attached hydrogens (primary N) is 1. The zero-order valence-electron chi connectivity index (χ0n) is 29.2. The molecule has 0 saturated carbocycles. The number of aromatic nitrogens is 4. The Morgan fingerprint density at radius 3 is 2.33 bits per heavy atom. The molecule has 0 aromatic carbocycles. The fraction of sp³-hybridized carbons (Fsp3) is 0.385. The van der Waals surface area contributed by atoms with Crippen molar-refractivity contribution in [3.05, 3.63) is 75.4 Å².